The van der Waals surface area contributed by atoms with E-state index in [1.807, 2.05) is 25.1 Å². The summed E-state index contributed by atoms with van der Waals surface area (Å²) in [5.41, 5.74) is 0.0748. The highest BCUT2D eigenvalue weighted by Crippen LogP contribution is 2.45. The van der Waals surface area contributed by atoms with E-state index in [1.165, 1.54) is 11.0 Å². The van der Waals surface area contributed by atoms with Crippen molar-refractivity contribution >= 4 is 35.7 Å². The van der Waals surface area contributed by atoms with Crippen LogP contribution in [-0.2, 0) is 30.3 Å². The molecule has 43 heavy (non-hydrogen) atoms. The Morgan fingerprint density at radius 1 is 1.16 bits per heavy atom. The Morgan fingerprint density at radius 2 is 1.93 bits per heavy atom. The second kappa shape index (κ2) is 14.4. The van der Waals surface area contributed by atoms with Crippen molar-refractivity contribution in [1.29, 1.82) is 0 Å². The van der Waals surface area contributed by atoms with Crippen LogP contribution >= 0.6 is 0 Å². The summed E-state index contributed by atoms with van der Waals surface area (Å²) in [6, 6.07) is 5.35. The normalized spacial score (nSPS) is 28.4. The van der Waals surface area contributed by atoms with Crippen molar-refractivity contribution in [3.05, 3.63) is 42.5 Å². The molecule has 4 amide bonds. The first-order chi connectivity index (χ1) is 20.7. The Bertz CT molecular complexity index is 1220. The Morgan fingerprint density at radius 3 is 2.65 bits per heavy atom. The molecule has 2 fully saturated rings. The van der Waals surface area contributed by atoms with Crippen LogP contribution in [0.2, 0.25) is 0 Å². The fourth-order valence-corrected chi connectivity index (χ4v) is 5.83. The molecule has 1 aromatic carbocycles. The summed E-state index contributed by atoms with van der Waals surface area (Å²) in [5, 5.41) is 17.9. The minimum absolute atomic E-state index is 0.0357. The van der Waals surface area contributed by atoms with Gasteiger partial charge in [-0.15, -0.1) is 6.58 Å². The molecule has 5 atom stereocenters. The number of carboxylic acids is 1. The largest absolute Gasteiger partial charge is 0.479 e. The Labute approximate surface area is 251 Å². The number of nitrogens with zero attached hydrogens (tertiary/aromatic N) is 1. The van der Waals surface area contributed by atoms with E-state index in [9.17, 15) is 29.1 Å². The molecule has 1 unspecified atom stereocenters. The van der Waals surface area contributed by atoms with Crippen LogP contribution < -0.4 is 16.0 Å². The van der Waals surface area contributed by atoms with Gasteiger partial charge in [0.05, 0.1) is 13.2 Å². The van der Waals surface area contributed by atoms with E-state index in [1.54, 1.807) is 6.07 Å². The molecule has 1 aromatic rings. The summed E-state index contributed by atoms with van der Waals surface area (Å²) in [6.45, 7) is 5.72. The lowest BCUT2D eigenvalue weighted by atomic mass is 10.0. The van der Waals surface area contributed by atoms with Crippen molar-refractivity contribution < 1.29 is 38.6 Å². The van der Waals surface area contributed by atoms with E-state index in [0.717, 1.165) is 37.7 Å². The van der Waals surface area contributed by atoms with Crippen LogP contribution in [0.25, 0.3) is 0 Å². The number of anilines is 1. The number of ether oxygens (including phenoxy) is 2. The predicted molar refractivity (Wildman–Crippen MR) is 157 cm³/mol. The molecule has 12 nitrogen and oxygen atoms in total. The van der Waals surface area contributed by atoms with Crippen molar-refractivity contribution in [1.82, 2.24) is 15.5 Å². The average molecular weight is 599 g/mol. The number of nitrogens with one attached hydrogen (secondary N) is 3. The van der Waals surface area contributed by atoms with Crippen LogP contribution in [0.4, 0.5) is 15.3 Å². The maximum atomic E-state index is 13.9. The van der Waals surface area contributed by atoms with Crippen LogP contribution in [0.3, 0.4) is 0 Å². The highest BCUT2D eigenvalue weighted by molar-refractivity contribution is 5.96. The Hall–Kier alpha value is -4.09. The molecule has 1 aliphatic carbocycles. The Kier molecular flexibility index (Phi) is 10.7. The van der Waals surface area contributed by atoms with Gasteiger partial charge in [0.2, 0.25) is 11.8 Å². The van der Waals surface area contributed by atoms with Crippen LogP contribution in [0.1, 0.15) is 70.3 Å². The lowest BCUT2D eigenvalue weighted by Gasteiger charge is -2.29. The molecule has 4 N–H and O–H groups in total. The first kappa shape index (κ1) is 31.8. The maximum absolute atomic E-state index is 13.9. The van der Waals surface area contributed by atoms with Gasteiger partial charge in [-0.1, -0.05) is 56.9 Å². The molecular weight excluding hydrogens is 556 g/mol. The number of aliphatic carboxylic acids is 1. The third kappa shape index (κ3) is 7.85. The first-order valence-corrected chi connectivity index (χ1v) is 15.2. The third-order valence-corrected chi connectivity index (χ3v) is 8.41. The van der Waals surface area contributed by atoms with Crippen LogP contribution in [0.5, 0.6) is 0 Å². The molecule has 234 valence electrons. The molecule has 1 saturated heterocycles. The molecule has 2 bridgehead atoms. The molecule has 2 aliphatic heterocycles. The second-order valence-electron chi connectivity index (χ2n) is 11.5. The zero-order valence-electron chi connectivity index (χ0n) is 24.6. The molecular formula is C31H42N4O8. The number of fused-ring (bicyclic) bond motifs is 3. The molecule has 3 aliphatic rings. The van der Waals surface area contributed by atoms with E-state index in [4.69, 9.17) is 9.47 Å². The number of unbranched alkanes of at least 4 members (excludes halogenated alkanes) is 1. The lowest BCUT2D eigenvalue weighted by Crippen LogP contribution is -2.56. The molecule has 0 aromatic heterocycles. The zero-order chi connectivity index (χ0) is 31.0. The number of carbonyl (C=O) groups excluding carboxylic acids is 4. The van der Waals surface area contributed by atoms with Crippen molar-refractivity contribution in [2.45, 2.75) is 94.9 Å². The van der Waals surface area contributed by atoms with Gasteiger partial charge in [-0.25, -0.2) is 14.4 Å². The third-order valence-electron chi connectivity index (χ3n) is 8.41. The number of amides is 4. The molecule has 2 heterocycles. The summed E-state index contributed by atoms with van der Waals surface area (Å²) < 4.78 is 11.1. The van der Waals surface area contributed by atoms with Gasteiger partial charge in [0.25, 0.3) is 0 Å². The molecule has 12 heteroatoms. The number of carbonyl (C=O) groups is 5. The summed E-state index contributed by atoms with van der Waals surface area (Å²) in [4.78, 5) is 66.4. The Balaban J connectivity index is 1.59. The summed E-state index contributed by atoms with van der Waals surface area (Å²) in [5.74, 6) is -2.83. The lowest BCUT2D eigenvalue weighted by molar-refractivity contribution is -0.145. The number of benzene rings is 1. The smallest absolute Gasteiger partial charge is 0.411 e. The monoisotopic (exact) mass is 598 g/mol. The summed E-state index contributed by atoms with van der Waals surface area (Å²) in [6.07, 6.45) is 5.11. The summed E-state index contributed by atoms with van der Waals surface area (Å²) >= 11 is 0. The van der Waals surface area contributed by atoms with Gasteiger partial charge >= 0.3 is 18.2 Å². The second-order valence-corrected chi connectivity index (χ2v) is 11.5. The van der Waals surface area contributed by atoms with Gasteiger partial charge in [-0.3, -0.25) is 14.9 Å². The molecule has 4 rings (SSSR count). The molecule has 0 radical (unpaired) electrons. The SMILES string of the molecule is C=CC1C[C@]1(NC(=O)[C@@H]1C[C@@H]2CN1C(=O)[C@H](CCCC)NC(=O)OCCCCCCc1ccccc1NC(=O)O2)C(=O)O. The maximum Gasteiger partial charge on any atom is 0.411 e. The van der Waals surface area contributed by atoms with Crippen LogP contribution in [0.15, 0.2) is 36.9 Å². The number of hydrogen-bond donors (Lipinski definition) is 4. The number of rotatable bonds is 7. The quantitative estimate of drug-likeness (QED) is 0.345. The predicted octanol–water partition coefficient (Wildman–Crippen LogP) is 3.75. The zero-order valence-corrected chi connectivity index (χ0v) is 24.6. The number of aryl methyl sites for hydroxylation is 1. The molecule has 1 saturated carbocycles. The van der Waals surface area contributed by atoms with E-state index < -0.39 is 59.6 Å². The number of para-hydroxylation sites is 1. The van der Waals surface area contributed by atoms with Crippen LogP contribution in [-0.4, -0.2) is 76.9 Å². The minimum atomic E-state index is -1.50. The van der Waals surface area contributed by atoms with E-state index in [-0.39, 0.29) is 26.0 Å². The average Bonchev–Trinajstić information content (AvgIpc) is 3.54. The number of hydrogen-bond acceptors (Lipinski definition) is 7. The molecule has 0 spiro atoms. The van der Waals surface area contributed by atoms with Gasteiger partial charge in [0.15, 0.2) is 0 Å². The first-order valence-electron chi connectivity index (χ1n) is 15.2. The van der Waals surface area contributed by atoms with Crippen molar-refractivity contribution in [3.8, 4) is 0 Å². The topological polar surface area (TPSA) is 163 Å². The highest BCUT2D eigenvalue weighted by Gasteiger charge is 2.61. The van der Waals surface area contributed by atoms with Crippen LogP contribution in [0, 0.1) is 5.92 Å². The van der Waals surface area contributed by atoms with E-state index in [0.29, 0.717) is 24.9 Å². The highest BCUT2D eigenvalue weighted by atomic mass is 16.6. The number of alkyl carbamates (subject to hydrolysis) is 1. The van der Waals surface area contributed by atoms with Gasteiger partial charge < -0.3 is 30.1 Å². The van der Waals surface area contributed by atoms with Crippen molar-refractivity contribution in [2.24, 2.45) is 5.92 Å². The van der Waals surface area contributed by atoms with Gasteiger partial charge in [0.1, 0.15) is 23.7 Å². The van der Waals surface area contributed by atoms with Crippen molar-refractivity contribution in [3.63, 3.8) is 0 Å². The van der Waals surface area contributed by atoms with Crippen molar-refractivity contribution in [2.75, 3.05) is 18.5 Å². The minimum Gasteiger partial charge on any atom is -0.479 e. The van der Waals surface area contributed by atoms with Gasteiger partial charge in [-0.05, 0) is 43.7 Å². The fourth-order valence-electron chi connectivity index (χ4n) is 5.83. The van der Waals surface area contributed by atoms with Gasteiger partial charge in [0, 0.05) is 18.0 Å². The fraction of sp³-hybridized carbons (Fsp3) is 0.581. The van der Waals surface area contributed by atoms with E-state index >= 15 is 0 Å². The number of carboxylic acid groups (broad SMARTS) is 1. The van der Waals surface area contributed by atoms with E-state index in [2.05, 4.69) is 22.5 Å². The van der Waals surface area contributed by atoms with Gasteiger partial charge in [-0.2, -0.15) is 0 Å². The standard InChI is InChI=1S/C31H42N4O8/c1-3-5-14-24-27(37)35-19-22(17-25(35)26(36)34-31(28(38)39)18-21(31)4-2)43-30(41)32-23-15-10-9-13-20(23)12-8-6-7-11-16-42-29(40)33-24/h4,9-10,13,15,21-22,24-25H,2-3,5-8,11-12,14,16-19H2,1H3,(H,32,41)(H,33,40)(H,34,36)(H,38,39)/t21?,22-,24+,25+,31-/m1/s1. The number of cyclic esters (lactones) is 1. The summed E-state index contributed by atoms with van der Waals surface area (Å²) in [7, 11) is 0.